The molecule has 1 aliphatic carbocycles. The number of carbonyl (C=O) groups is 4. The first-order valence-electron chi connectivity index (χ1n) is 8.59. The average Bonchev–Trinajstić information content (AvgIpc) is 3.09. The molecule has 0 radical (unpaired) electrons. The Hall–Kier alpha value is -2.69. The first-order chi connectivity index (χ1) is 12.9. The number of carboxylic acid groups (broad SMARTS) is 1. The van der Waals surface area contributed by atoms with Gasteiger partial charge in [-0.05, 0) is 25.7 Å². The Kier molecular flexibility index (Phi) is 7.53. The zero-order valence-electron chi connectivity index (χ0n) is 14.7. The zero-order chi connectivity index (χ0) is 19.8. The number of nitrogen functional groups attached to an aromatic ring is 1. The Balaban J connectivity index is 0.000000817. The standard InChI is InChI=1S/C15H21N5O3S.CH2O2/c16-15-19-11(8-24-15)13(22)18-10-3-1-9(2-4-10)14(23)20-6-5-17-12(21)7-20;2-1-3/h8-10H,1-7H2,(H2,16,19)(H,17,21)(H,18,22);1H,(H,2,3). The molecule has 2 aliphatic rings. The van der Waals surface area contributed by atoms with Crippen LogP contribution in [-0.4, -0.2) is 64.9 Å². The first kappa shape index (κ1) is 20.6. The third-order valence-corrected chi connectivity index (χ3v) is 5.19. The number of hydrogen-bond donors (Lipinski definition) is 4. The Labute approximate surface area is 160 Å². The highest BCUT2D eigenvalue weighted by molar-refractivity contribution is 7.13. The molecule has 0 aromatic carbocycles. The monoisotopic (exact) mass is 397 g/mol. The van der Waals surface area contributed by atoms with E-state index in [0.29, 0.717) is 23.9 Å². The third-order valence-electron chi connectivity index (χ3n) is 4.52. The van der Waals surface area contributed by atoms with Crippen LogP contribution in [0.4, 0.5) is 5.13 Å². The van der Waals surface area contributed by atoms with E-state index in [2.05, 4.69) is 15.6 Å². The summed E-state index contributed by atoms with van der Waals surface area (Å²) in [5.74, 6) is -0.315. The predicted molar refractivity (Wildman–Crippen MR) is 98.0 cm³/mol. The van der Waals surface area contributed by atoms with Gasteiger partial charge in [0, 0.05) is 30.4 Å². The van der Waals surface area contributed by atoms with Crippen molar-refractivity contribution in [3.05, 3.63) is 11.1 Å². The van der Waals surface area contributed by atoms with Crippen LogP contribution in [-0.2, 0) is 14.4 Å². The highest BCUT2D eigenvalue weighted by Gasteiger charge is 2.32. The fourth-order valence-corrected chi connectivity index (χ4v) is 3.76. The zero-order valence-corrected chi connectivity index (χ0v) is 15.5. The van der Waals surface area contributed by atoms with Gasteiger partial charge in [0.15, 0.2) is 5.13 Å². The molecule has 1 aromatic heterocycles. The minimum absolute atomic E-state index is 0.0501. The molecule has 1 aromatic rings. The fourth-order valence-electron chi connectivity index (χ4n) is 3.22. The maximum Gasteiger partial charge on any atom is 0.290 e. The second-order valence-electron chi connectivity index (χ2n) is 6.31. The molecule has 27 heavy (non-hydrogen) atoms. The smallest absolute Gasteiger partial charge is 0.290 e. The second-order valence-corrected chi connectivity index (χ2v) is 7.20. The van der Waals surface area contributed by atoms with Crippen LogP contribution in [0.25, 0.3) is 0 Å². The SMILES string of the molecule is Nc1nc(C(=O)NC2CCC(C(=O)N3CCNC(=O)C3)CC2)cs1.O=CO. The molecule has 11 heteroatoms. The molecule has 0 spiro atoms. The van der Waals surface area contributed by atoms with Crippen LogP contribution in [0.3, 0.4) is 0 Å². The van der Waals surface area contributed by atoms with E-state index in [1.54, 1.807) is 10.3 Å². The number of thiazole rings is 1. The van der Waals surface area contributed by atoms with Crippen molar-refractivity contribution in [1.82, 2.24) is 20.5 Å². The molecule has 3 rings (SSSR count). The van der Waals surface area contributed by atoms with Crippen LogP contribution >= 0.6 is 11.3 Å². The summed E-state index contributed by atoms with van der Waals surface area (Å²) in [7, 11) is 0. The number of amides is 3. The highest BCUT2D eigenvalue weighted by atomic mass is 32.1. The van der Waals surface area contributed by atoms with Crippen molar-refractivity contribution < 1.29 is 24.3 Å². The summed E-state index contributed by atoms with van der Waals surface area (Å²) in [5.41, 5.74) is 5.88. The summed E-state index contributed by atoms with van der Waals surface area (Å²) in [6.07, 6.45) is 2.95. The Morgan fingerprint density at radius 3 is 2.59 bits per heavy atom. The number of piperazine rings is 1. The molecule has 0 unspecified atom stereocenters. The van der Waals surface area contributed by atoms with Crippen LogP contribution in [0.15, 0.2) is 5.38 Å². The van der Waals surface area contributed by atoms with E-state index in [0.717, 1.165) is 25.7 Å². The molecule has 1 aliphatic heterocycles. The Morgan fingerprint density at radius 1 is 1.37 bits per heavy atom. The Morgan fingerprint density at radius 2 is 2.04 bits per heavy atom. The molecule has 5 N–H and O–H groups in total. The van der Waals surface area contributed by atoms with E-state index in [-0.39, 0.29) is 42.7 Å². The van der Waals surface area contributed by atoms with Gasteiger partial charge in [-0.25, -0.2) is 4.98 Å². The number of carbonyl (C=O) groups excluding carboxylic acids is 3. The number of nitrogens with one attached hydrogen (secondary N) is 2. The maximum absolute atomic E-state index is 12.5. The molecule has 2 heterocycles. The number of hydrogen-bond acceptors (Lipinski definition) is 7. The molecule has 10 nitrogen and oxygen atoms in total. The second kappa shape index (κ2) is 9.86. The molecule has 1 saturated heterocycles. The van der Waals surface area contributed by atoms with Crippen molar-refractivity contribution in [1.29, 1.82) is 0 Å². The summed E-state index contributed by atoms with van der Waals surface area (Å²) in [6.45, 7) is 1.000. The molecular weight excluding hydrogens is 374 g/mol. The maximum atomic E-state index is 12.5. The third kappa shape index (κ3) is 5.91. The van der Waals surface area contributed by atoms with Crippen LogP contribution in [0.2, 0.25) is 0 Å². The summed E-state index contributed by atoms with van der Waals surface area (Å²) < 4.78 is 0. The summed E-state index contributed by atoms with van der Waals surface area (Å²) in [4.78, 5) is 49.9. The van der Waals surface area contributed by atoms with E-state index in [9.17, 15) is 14.4 Å². The van der Waals surface area contributed by atoms with Gasteiger partial charge in [-0.2, -0.15) is 0 Å². The van der Waals surface area contributed by atoms with Gasteiger partial charge in [-0.3, -0.25) is 19.2 Å². The van der Waals surface area contributed by atoms with Crippen molar-refractivity contribution in [2.45, 2.75) is 31.7 Å². The van der Waals surface area contributed by atoms with Gasteiger partial charge in [-0.1, -0.05) is 0 Å². The molecule has 2 fully saturated rings. The topological polar surface area (TPSA) is 155 Å². The van der Waals surface area contributed by atoms with E-state index in [1.165, 1.54) is 11.3 Å². The van der Waals surface area contributed by atoms with Crippen LogP contribution < -0.4 is 16.4 Å². The average molecular weight is 397 g/mol. The van der Waals surface area contributed by atoms with Gasteiger partial charge in [0.2, 0.25) is 11.8 Å². The van der Waals surface area contributed by atoms with Crippen molar-refractivity contribution in [2.24, 2.45) is 5.92 Å². The van der Waals surface area contributed by atoms with E-state index < -0.39 is 0 Å². The number of anilines is 1. The lowest BCUT2D eigenvalue weighted by atomic mass is 9.85. The number of aromatic nitrogens is 1. The molecule has 0 bridgehead atoms. The van der Waals surface area contributed by atoms with E-state index in [4.69, 9.17) is 15.6 Å². The number of nitrogens with two attached hydrogens (primary N) is 1. The largest absolute Gasteiger partial charge is 0.483 e. The van der Waals surface area contributed by atoms with Gasteiger partial charge in [-0.15, -0.1) is 11.3 Å². The van der Waals surface area contributed by atoms with Gasteiger partial charge < -0.3 is 26.4 Å². The van der Waals surface area contributed by atoms with Gasteiger partial charge in [0.25, 0.3) is 12.4 Å². The fraction of sp³-hybridized carbons (Fsp3) is 0.562. The number of rotatable bonds is 3. The van der Waals surface area contributed by atoms with Gasteiger partial charge in [0.05, 0.1) is 6.54 Å². The number of nitrogens with zero attached hydrogens (tertiary/aromatic N) is 2. The lowest BCUT2D eigenvalue weighted by Gasteiger charge is -2.33. The first-order valence-corrected chi connectivity index (χ1v) is 9.47. The molecule has 148 valence electrons. The Bertz CT molecular complexity index is 686. The molecule has 0 atom stereocenters. The van der Waals surface area contributed by atoms with Crippen LogP contribution in [0.1, 0.15) is 36.2 Å². The minimum atomic E-state index is -0.250. The quantitative estimate of drug-likeness (QED) is 0.509. The molecule has 3 amide bonds. The molecular formula is C16H23N5O5S. The van der Waals surface area contributed by atoms with Crippen LogP contribution in [0.5, 0.6) is 0 Å². The van der Waals surface area contributed by atoms with Crippen molar-refractivity contribution >= 4 is 40.7 Å². The van der Waals surface area contributed by atoms with E-state index in [1.807, 2.05) is 0 Å². The van der Waals surface area contributed by atoms with Crippen molar-refractivity contribution in [2.75, 3.05) is 25.4 Å². The lowest BCUT2D eigenvalue weighted by molar-refractivity contribution is -0.142. The van der Waals surface area contributed by atoms with Gasteiger partial charge in [0.1, 0.15) is 5.69 Å². The lowest BCUT2D eigenvalue weighted by Crippen LogP contribution is -2.52. The summed E-state index contributed by atoms with van der Waals surface area (Å²) in [5, 5.41) is 14.6. The normalized spacial score (nSPS) is 22.1. The summed E-state index contributed by atoms with van der Waals surface area (Å²) in [6, 6.07) is 0.0501. The van der Waals surface area contributed by atoms with Crippen molar-refractivity contribution in [3.8, 4) is 0 Å². The van der Waals surface area contributed by atoms with Crippen LogP contribution in [0, 0.1) is 5.92 Å². The van der Waals surface area contributed by atoms with E-state index >= 15 is 0 Å². The van der Waals surface area contributed by atoms with Crippen molar-refractivity contribution in [3.63, 3.8) is 0 Å². The minimum Gasteiger partial charge on any atom is -0.483 e. The predicted octanol–water partition coefficient (Wildman–Crippen LogP) is -0.327. The molecule has 1 saturated carbocycles. The van der Waals surface area contributed by atoms with Gasteiger partial charge >= 0.3 is 0 Å². The summed E-state index contributed by atoms with van der Waals surface area (Å²) >= 11 is 1.24. The highest BCUT2D eigenvalue weighted by Crippen LogP contribution is 2.26.